The molecule has 0 spiro atoms. The zero-order valence-electron chi connectivity index (χ0n) is 13.0. The summed E-state index contributed by atoms with van der Waals surface area (Å²) in [7, 11) is -3.40. The Bertz CT molecular complexity index is 677. The Hall–Kier alpha value is -0.440. The zero-order chi connectivity index (χ0) is 16.6. The lowest BCUT2D eigenvalue weighted by Gasteiger charge is -2.33. The van der Waals surface area contributed by atoms with Gasteiger partial charge in [0.15, 0.2) is 0 Å². The minimum Gasteiger partial charge on any atom is -0.353 e. The summed E-state index contributed by atoms with van der Waals surface area (Å²) in [4.78, 5) is 12.1. The van der Waals surface area contributed by atoms with Gasteiger partial charge >= 0.3 is 0 Å². The van der Waals surface area contributed by atoms with E-state index in [1.165, 1.54) is 11.3 Å². The number of halogens is 1. The van der Waals surface area contributed by atoms with Gasteiger partial charge in [0.05, 0.1) is 3.79 Å². The molecule has 5 nitrogen and oxygen atoms in total. The molecule has 1 saturated carbocycles. The molecule has 0 bridgehead atoms. The van der Waals surface area contributed by atoms with Gasteiger partial charge < -0.3 is 5.32 Å². The van der Waals surface area contributed by atoms with Crippen LogP contribution >= 0.6 is 27.3 Å². The SMILES string of the molecule is CC(C(=O)NC1CC1)C1CCN(S(=O)(=O)c2ccc(Br)s2)CC1. The second-order valence-corrected chi connectivity index (χ2v) is 11.0. The van der Waals surface area contributed by atoms with Crippen molar-refractivity contribution in [1.29, 1.82) is 0 Å². The summed E-state index contributed by atoms with van der Waals surface area (Å²) in [6.07, 6.45) is 3.66. The first kappa shape index (κ1) is 17.4. The number of rotatable bonds is 5. The second-order valence-electron chi connectivity index (χ2n) is 6.37. The second kappa shape index (κ2) is 6.82. The van der Waals surface area contributed by atoms with E-state index in [-0.39, 0.29) is 17.7 Å². The highest BCUT2D eigenvalue weighted by molar-refractivity contribution is 9.11. The maximum atomic E-state index is 12.6. The maximum Gasteiger partial charge on any atom is 0.252 e. The first-order valence-corrected chi connectivity index (χ1v) is 11.0. The molecule has 3 rings (SSSR count). The Morgan fingerprint density at radius 2 is 1.96 bits per heavy atom. The molecule has 1 aliphatic carbocycles. The van der Waals surface area contributed by atoms with E-state index in [1.54, 1.807) is 16.4 Å². The van der Waals surface area contributed by atoms with Crippen molar-refractivity contribution in [3.05, 3.63) is 15.9 Å². The Kier molecular flexibility index (Phi) is 5.15. The van der Waals surface area contributed by atoms with Crippen molar-refractivity contribution in [2.45, 2.75) is 42.9 Å². The number of carbonyl (C=O) groups is 1. The Balaban J connectivity index is 1.58. The van der Waals surface area contributed by atoms with Gasteiger partial charge in [0, 0.05) is 25.0 Å². The van der Waals surface area contributed by atoms with E-state index in [4.69, 9.17) is 0 Å². The minimum absolute atomic E-state index is 0.0451. The fourth-order valence-electron chi connectivity index (χ4n) is 2.95. The highest BCUT2D eigenvalue weighted by atomic mass is 79.9. The molecule has 1 saturated heterocycles. The van der Waals surface area contributed by atoms with E-state index in [9.17, 15) is 13.2 Å². The van der Waals surface area contributed by atoms with Crippen LogP contribution in [0.25, 0.3) is 0 Å². The number of hydrogen-bond acceptors (Lipinski definition) is 4. The van der Waals surface area contributed by atoms with Crippen molar-refractivity contribution in [3.8, 4) is 0 Å². The van der Waals surface area contributed by atoms with Crippen LogP contribution in [0, 0.1) is 11.8 Å². The van der Waals surface area contributed by atoms with Crippen molar-refractivity contribution in [1.82, 2.24) is 9.62 Å². The van der Waals surface area contributed by atoms with Crippen LogP contribution in [-0.4, -0.2) is 37.8 Å². The third-order valence-electron chi connectivity index (χ3n) is 4.69. The molecule has 1 atom stereocenters. The Morgan fingerprint density at radius 1 is 1.30 bits per heavy atom. The third-order valence-corrected chi connectivity index (χ3v) is 8.68. The van der Waals surface area contributed by atoms with Crippen LogP contribution in [-0.2, 0) is 14.8 Å². The summed E-state index contributed by atoms with van der Waals surface area (Å²) in [5.41, 5.74) is 0. The predicted octanol–water partition coefficient (Wildman–Crippen LogP) is 2.83. The monoisotopic (exact) mass is 420 g/mol. The molecule has 2 heterocycles. The fourth-order valence-corrected chi connectivity index (χ4v) is 6.59. The Labute approximate surface area is 149 Å². The number of amides is 1. The van der Waals surface area contributed by atoms with E-state index in [2.05, 4.69) is 21.2 Å². The van der Waals surface area contributed by atoms with Gasteiger partial charge in [-0.25, -0.2) is 8.42 Å². The number of thiophene rings is 1. The lowest BCUT2D eigenvalue weighted by Crippen LogP contribution is -2.42. The van der Waals surface area contributed by atoms with Gasteiger partial charge in [-0.3, -0.25) is 4.79 Å². The molecule has 2 aliphatic rings. The number of sulfonamides is 1. The van der Waals surface area contributed by atoms with Crippen molar-refractivity contribution < 1.29 is 13.2 Å². The van der Waals surface area contributed by atoms with E-state index in [0.717, 1.165) is 29.5 Å². The average Bonchev–Trinajstić information content (AvgIpc) is 3.23. The Morgan fingerprint density at radius 3 is 2.48 bits per heavy atom. The van der Waals surface area contributed by atoms with Crippen molar-refractivity contribution in [2.75, 3.05) is 13.1 Å². The largest absolute Gasteiger partial charge is 0.353 e. The molecule has 1 aliphatic heterocycles. The van der Waals surface area contributed by atoms with Gasteiger partial charge in [0.25, 0.3) is 10.0 Å². The van der Waals surface area contributed by atoms with Gasteiger partial charge in [-0.1, -0.05) is 6.92 Å². The molecule has 23 heavy (non-hydrogen) atoms. The summed E-state index contributed by atoms with van der Waals surface area (Å²) < 4.78 is 27.9. The van der Waals surface area contributed by atoms with Gasteiger partial charge in [-0.05, 0) is 59.7 Å². The zero-order valence-corrected chi connectivity index (χ0v) is 16.2. The molecular formula is C15H21BrN2O3S2. The highest BCUT2D eigenvalue weighted by Gasteiger charge is 2.35. The smallest absolute Gasteiger partial charge is 0.252 e. The standard InChI is InChI=1S/C15H21BrN2O3S2/c1-10(15(19)17-12-2-3-12)11-6-8-18(9-7-11)23(20,21)14-5-4-13(16)22-14/h4-5,10-12H,2-3,6-9H2,1H3,(H,17,19). The molecule has 0 aromatic carbocycles. The molecule has 1 N–H and O–H groups in total. The molecule has 0 radical (unpaired) electrons. The van der Waals surface area contributed by atoms with Crippen LogP contribution in [0.1, 0.15) is 32.6 Å². The predicted molar refractivity (Wildman–Crippen MR) is 93.8 cm³/mol. The maximum absolute atomic E-state index is 12.6. The highest BCUT2D eigenvalue weighted by Crippen LogP contribution is 2.32. The summed E-state index contributed by atoms with van der Waals surface area (Å²) in [6.45, 7) is 2.94. The van der Waals surface area contributed by atoms with E-state index >= 15 is 0 Å². The molecular weight excluding hydrogens is 400 g/mol. The summed E-state index contributed by atoms with van der Waals surface area (Å²) >= 11 is 4.55. The van der Waals surface area contributed by atoms with Crippen molar-refractivity contribution in [3.63, 3.8) is 0 Å². The molecule has 1 amide bonds. The molecule has 2 fully saturated rings. The van der Waals surface area contributed by atoms with E-state index < -0.39 is 10.0 Å². The molecule has 1 unspecified atom stereocenters. The lowest BCUT2D eigenvalue weighted by atomic mass is 9.85. The van der Waals surface area contributed by atoms with Gasteiger partial charge in [-0.2, -0.15) is 4.31 Å². The molecule has 128 valence electrons. The number of carbonyl (C=O) groups excluding carboxylic acids is 1. The quantitative estimate of drug-likeness (QED) is 0.795. The number of nitrogens with one attached hydrogen (secondary N) is 1. The van der Waals surface area contributed by atoms with Crippen LogP contribution in [0.4, 0.5) is 0 Å². The van der Waals surface area contributed by atoms with Crippen LogP contribution in [0.5, 0.6) is 0 Å². The first-order chi connectivity index (χ1) is 10.9. The topological polar surface area (TPSA) is 66.5 Å². The number of piperidine rings is 1. The van der Waals surface area contributed by atoms with Crippen LogP contribution < -0.4 is 5.32 Å². The summed E-state index contributed by atoms with van der Waals surface area (Å²) in [6, 6.07) is 3.78. The number of hydrogen-bond donors (Lipinski definition) is 1. The van der Waals surface area contributed by atoms with E-state index in [1.807, 2.05) is 6.92 Å². The van der Waals surface area contributed by atoms with Crippen molar-refractivity contribution >= 4 is 43.2 Å². The normalized spacial score (nSPS) is 22.0. The van der Waals surface area contributed by atoms with Crippen LogP contribution in [0.15, 0.2) is 20.1 Å². The molecule has 1 aromatic rings. The van der Waals surface area contributed by atoms with Gasteiger partial charge in [0.2, 0.25) is 5.91 Å². The van der Waals surface area contributed by atoms with Crippen molar-refractivity contribution in [2.24, 2.45) is 11.8 Å². The fraction of sp³-hybridized carbons (Fsp3) is 0.667. The summed E-state index contributed by atoms with van der Waals surface area (Å²) in [5, 5.41) is 3.05. The summed E-state index contributed by atoms with van der Waals surface area (Å²) in [5.74, 6) is 0.336. The molecule has 1 aromatic heterocycles. The number of nitrogens with zero attached hydrogens (tertiary/aromatic N) is 1. The van der Waals surface area contributed by atoms with Gasteiger partial charge in [-0.15, -0.1) is 11.3 Å². The van der Waals surface area contributed by atoms with Crippen LogP contribution in [0.3, 0.4) is 0 Å². The minimum atomic E-state index is -3.40. The van der Waals surface area contributed by atoms with Gasteiger partial charge in [0.1, 0.15) is 4.21 Å². The van der Waals surface area contributed by atoms with E-state index in [0.29, 0.717) is 23.3 Å². The first-order valence-electron chi connectivity index (χ1n) is 7.94. The lowest BCUT2D eigenvalue weighted by molar-refractivity contribution is -0.126. The average molecular weight is 421 g/mol. The third kappa shape index (κ3) is 3.97. The molecule has 8 heteroatoms. The van der Waals surface area contributed by atoms with Crippen LogP contribution in [0.2, 0.25) is 0 Å².